The molecular weight excluding hydrogens is 292 g/mol. The van der Waals surface area contributed by atoms with Crippen LogP contribution in [0.3, 0.4) is 0 Å². The fourth-order valence-electron chi connectivity index (χ4n) is 3.03. The number of carbonyl (C=O) groups is 1. The van der Waals surface area contributed by atoms with Gasteiger partial charge in [0.25, 0.3) is 5.91 Å². The molecule has 0 radical (unpaired) electrons. The zero-order valence-corrected chi connectivity index (χ0v) is 13.0. The van der Waals surface area contributed by atoms with E-state index in [4.69, 9.17) is 9.94 Å². The number of amides is 1. The molecule has 23 heavy (non-hydrogen) atoms. The van der Waals surface area contributed by atoms with Crippen LogP contribution in [-0.2, 0) is 12.8 Å². The van der Waals surface area contributed by atoms with Crippen molar-refractivity contribution in [2.75, 3.05) is 12.4 Å². The fourth-order valence-corrected chi connectivity index (χ4v) is 3.03. The minimum Gasteiger partial charge on any atom is -0.497 e. The van der Waals surface area contributed by atoms with Gasteiger partial charge in [-0.2, -0.15) is 0 Å². The Kier molecular flexibility index (Phi) is 4.48. The van der Waals surface area contributed by atoms with Crippen molar-refractivity contribution in [2.24, 2.45) is 0 Å². The van der Waals surface area contributed by atoms with E-state index in [1.54, 1.807) is 18.7 Å². The Morgan fingerprint density at radius 2 is 2.09 bits per heavy atom. The molecule has 5 heteroatoms. The fraction of sp³-hybridized carbons (Fsp3) is 0.278. The van der Waals surface area contributed by atoms with Crippen molar-refractivity contribution in [1.82, 2.24) is 5.48 Å². The molecule has 0 heterocycles. The van der Waals surface area contributed by atoms with Crippen molar-refractivity contribution < 1.29 is 14.7 Å². The molecule has 1 atom stereocenters. The molecule has 5 nitrogen and oxygen atoms in total. The van der Waals surface area contributed by atoms with E-state index in [1.807, 2.05) is 36.4 Å². The predicted molar refractivity (Wildman–Crippen MR) is 88.1 cm³/mol. The number of benzene rings is 2. The molecule has 0 fully saturated rings. The summed E-state index contributed by atoms with van der Waals surface area (Å²) in [7, 11) is 1.66. The zero-order chi connectivity index (χ0) is 16.2. The SMILES string of the molecule is COc1cccc(NC2CCc3ccc(C(=O)NO)cc3C2)c1. The minimum absolute atomic E-state index is 0.307. The highest BCUT2D eigenvalue weighted by Gasteiger charge is 2.20. The maximum absolute atomic E-state index is 11.6. The van der Waals surface area contributed by atoms with Gasteiger partial charge < -0.3 is 10.1 Å². The largest absolute Gasteiger partial charge is 0.497 e. The highest BCUT2D eigenvalue weighted by molar-refractivity contribution is 5.93. The lowest BCUT2D eigenvalue weighted by molar-refractivity contribution is 0.0706. The van der Waals surface area contributed by atoms with Gasteiger partial charge in [0.15, 0.2) is 0 Å². The lowest BCUT2D eigenvalue weighted by atomic mass is 9.87. The van der Waals surface area contributed by atoms with Crippen LogP contribution in [0.2, 0.25) is 0 Å². The number of aryl methyl sites for hydroxylation is 1. The summed E-state index contributed by atoms with van der Waals surface area (Å²) in [6, 6.07) is 13.8. The molecule has 0 aliphatic heterocycles. The third-order valence-corrected chi connectivity index (χ3v) is 4.24. The van der Waals surface area contributed by atoms with Crippen LogP contribution >= 0.6 is 0 Å². The second-order valence-electron chi connectivity index (χ2n) is 5.74. The van der Waals surface area contributed by atoms with Crippen LogP contribution < -0.4 is 15.5 Å². The van der Waals surface area contributed by atoms with Crippen molar-refractivity contribution >= 4 is 11.6 Å². The standard InChI is InChI=1S/C18H20N2O3/c1-23-17-4-2-3-15(11-17)19-16-8-7-12-5-6-13(18(21)20-22)9-14(12)10-16/h2-6,9,11,16,19,22H,7-8,10H2,1H3,(H,20,21). The summed E-state index contributed by atoms with van der Waals surface area (Å²) in [6.45, 7) is 0. The molecule has 0 saturated heterocycles. The van der Waals surface area contributed by atoms with Gasteiger partial charge in [0, 0.05) is 23.4 Å². The Labute approximate surface area is 135 Å². The van der Waals surface area contributed by atoms with Crippen LogP contribution in [0.25, 0.3) is 0 Å². The summed E-state index contributed by atoms with van der Waals surface area (Å²) in [4.78, 5) is 11.6. The monoisotopic (exact) mass is 312 g/mol. The van der Waals surface area contributed by atoms with E-state index < -0.39 is 5.91 Å². The summed E-state index contributed by atoms with van der Waals surface area (Å²) in [6.07, 6.45) is 2.85. The van der Waals surface area contributed by atoms with E-state index in [-0.39, 0.29) is 0 Å². The van der Waals surface area contributed by atoms with Gasteiger partial charge in [-0.3, -0.25) is 10.0 Å². The second kappa shape index (κ2) is 6.71. The topological polar surface area (TPSA) is 70.6 Å². The van der Waals surface area contributed by atoms with Crippen LogP contribution in [0, 0.1) is 0 Å². The summed E-state index contributed by atoms with van der Waals surface area (Å²) in [5, 5.41) is 12.3. The van der Waals surface area contributed by atoms with Crippen molar-refractivity contribution in [2.45, 2.75) is 25.3 Å². The van der Waals surface area contributed by atoms with E-state index in [2.05, 4.69) is 5.32 Å². The number of nitrogens with one attached hydrogen (secondary N) is 2. The minimum atomic E-state index is -0.476. The Morgan fingerprint density at radius 1 is 1.22 bits per heavy atom. The number of hydrogen-bond acceptors (Lipinski definition) is 4. The van der Waals surface area contributed by atoms with E-state index >= 15 is 0 Å². The molecule has 2 aromatic rings. The van der Waals surface area contributed by atoms with Crippen molar-refractivity contribution in [1.29, 1.82) is 0 Å². The average Bonchev–Trinajstić information content (AvgIpc) is 2.60. The van der Waals surface area contributed by atoms with Crippen LogP contribution in [-0.4, -0.2) is 24.3 Å². The molecule has 0 spiro atoms. The zero-order valence-electron chi connectivity index (χ0n) is 13.0. The van der Waals surface area contributed by atoms with Gasteiger partial charge in [-0.15, -0.1) is 0 Å². The van der Waals surface area contributed by atoms with Gasteiger partial charge in [0.2, 0.25) is 0 Å². The highest BCUT2D eigenvalue weighted by Crippen LogP contribution is 2.26. The first-order chi connectivity index (χ1) is 11.2. The Morgan fingerprint density at radius 3 is 2.87 bits per heavy atom. The number of anilines is 1. The summed E-state index contributed by atoms with van der Waals surface area (Å²) >= 11 is 0. The molecular formula is C18H20N2O3. The first-order valence-electron chi connectivity index (χ1n) is 7.66. The number of carbonyl (C=O) groups excluding carboxylic acids is 1. The van der Waals surface area contributed by atoms with Gasteiger partial charge in [-0.25, -0.2) is 5.48 Å². The molecule has 1 aliphatic carbocycles. The van der Waals surface area contributed by atoms with E-state index in [0.717, 1.165) is 36.3 Å². The smallest absolute Gasteiger partial charge is 0.274 e. The van der Waals surface area contributed by atoms with Crippen molar-refractivity contribution in [3.63, 3.8) is 0 Å². The van der Waals surface area contributed by atoms with Gasteiger partial charge >= 0.3 is 0 Å². The summed E-state index contributed by atoms with van der Waals surface area (Å²) in [5.74, 6) is 0.351. The number of fused-ring (bicyclic) bond motifs is 1. The van der Waals surface area contributed by atoms with E-state index in [0.29, 0.717) is 11.6 Å². The quantitative estimate of drug-likeness (QED) is 0.600. The van der Waals surface area contributed by atoms with Crippen LogP contribution in [0.5, 0.6) is 5.75 Å². The van der Waals surface area contributed by atoms with Crippen LogP contribution in [0.4, 0.5) is 5.69 Å². The maximum Gasteiger partial charge on any atom is 0.274 e. The van der Waals surface area contributed by atoms with Gasteiger partial charge in [-0.05, 0) is 54.7 Å². The average molecular weight is 312 g/mol. The van der Waals surface area contributed by atoms with Crippen LogP contribution in [0.15, 0.2) is 42.5 Å². The number of ether oxygens (including phenoxy) is 1. The van der Waals surface area contributed by atoms with Crippen molar-refractivity contribution in [3.05, 3.63) is 59.2 Å². The number of hydroxylamine groups is 1. The normalized spacial score (nSPS) is 16.3. The Balaban J connectivity index is 1.75. The lowest BCUT2D eigenvalue weighted by Crippen LogP contribution is -2.28. The van der Waals surface area contributed by atoms with Gasteiger partial charge in [0.1, 0.15) is 5.75 Å². The maximum atomic E-state index is 11.6. The molecule has 0 aromatic heterocycles. The highest BCUT2D eigenvalue weighted by atomic mass is 16.5. The molecule has 0 bridgehead atoms. The first kappa shape index (κ1) is 15.4. The molecule has 1 aliphatic rings. The third kappa shape index (κ3) is 3.46. The molecule has 1 amide bonds. The first-order valence-corrected chi connectivity index (χ1v) is 7.66. The van der Waals surface area contributed by atoms with E-state index in [9.17, 15) is 4.79 Å². The Hall–Kier alpha value is -2.53. The molecule has 1 unspecified atom stereocenters. The Bertz CT molecular complexity index is 715. The number of hydrogen-bond donors (Lipinski definition) is 3. The molecule has 3 rings (SSSR count). The molecule has 120 valence electrons. The predicted octanol–water partition coefficient (Wildman–Crippen LogP) is 2.78. The third-order valence-electron chi connectivity index (χ3n) is 4.24. The number of rotatable bonds is 4. The second-order valence-corrected chi connectivity index (χ2v) is 5.74. The molecule has 2 aromatic carbocycles. The van der Waals surface area contributed by atoms with Crippen LogP contribution in [0.1, 0.15) is 27.9 Å². The summed E-state index contributed by atoms with van der Waals surface area (Å²) < 4.78 is 5.25. The van der Waals surface area contributed by atoms with E-state index in [1.165, 1.54) is 5.56 Å². The summed E-state index contributed by atoms with van der Waals surface area (Å²) in [5.41, 5.74) is 5.61. The molecule has 0 saturated carbocycles. The van der Waals surface area contributed by atoms with Gasteiger partial charge in [-0.1, -0.05) is 12.1 Å². The lowest BCUT2D eigenvalue weighted by Gasteiger charge is -2.27. The number of methoxy groups -OCH3 is 1. The van der Waals surface area contributed by atoms with Gasteiger partial charge in [0.05, 0.1) is 7.11 Å². The van der Waals surface area contributed by atoms with Crippen molar-refractivity contribution in [3.8, 4) is 5.75 Å². The molecule has 3 N–H and O–H groups in total.